The SMILES string of the molecule is CC(C)c1cc(Cl)cc2c1OCCC2=O. The van der Waals surface area contributed by atoms with Gasteiger partial charge in [-0.3, -0.25) is 4.79 Å². The fraction of sp³-hybridized carbons (Fsp3) is 0.417. The monoisotopic (exact) mass is 224 g/mol. The maximum atomic E-state index is 11.7. The van der Waals surface area contributed by atoms with Crippen LogP contribution in [0.4, 0.5) is 0 Å². The summed E-state index contributed by atoms with van der Waals surface area (Å²) in [4.78, 5) is 11.7. The number of halogens is 1. The number of carbonyl (C=O) groups is 1. The van der Waals surface area contributed by atoms with Crippen molar-refractivity contribution in [1.29, 1.82) is 0 Å². The van der Waals surface area contributed by atoms with E-state index in [4.69, 9.17) is 16.3 Å². The molecule has 15 heavy (non-hydrogen) atoms. The molecule has 0 saturated heterocycles. The summed E-state index contributed by atoms with van der Waals surface area (Å²) < 4.78 is 5.56. The van der Waals surface area contributed by atoms with Crippen LogP contribution < -0.4 is 4.74 Å². The number of fused-ring (bicyclic) bond motifs is 1. The van der Waals surface area contributed by atoms with Crippen molar-refractivity contribution in [2.45, 2.75) is 26.2 Å². The molecule has 0 aliphatic carbocycles. The normalized spacial score (nSPS) is 15.1. The van der Waals surface area contributed by atoms with Gasteiger partial charge in [0.15, 0.2) is 5.78 Å². The maximum absolute atomic E-state index is 11.7. The summed E-state index contributed by atoms with van der Waals surface area (Å²) in [5, 5.41) is 0.608. The van der Waals surface area contributed by atoms with Crippen LogP contribution in [0.2, 0.25) is 5.02 Å². The van der Waals surface area contributed by atoms with Crippen molar-refractivity contribution in [2.24, 2.45) is 0 Å². The number of Topliss-reactive ketones (excluding diaryl/α,β-unsaturated/α-hetero) is 1. The average molecular weight is 225 g/mol. The Labute approximate surface area is 94.2 Å². The van der Waals surface area contributed by atoms with E-state index >= 15 is 0 Å². The standard InChI is InChI=1S/C12H13ClO2/c1-7(2)9-5-8(13)6-10-11(14)3-4-15-12(9)10/h5-7H,3-4H2,1-2H3. The third-order valence-corrected chi connectivity index (χ3v) is 2.80. The van der Waals surface area contributed by atoms with Gasteiger partial charge in [-0.05, 0) is 23.6 Å². The summed E-state index contributed by atoms with van der Waals surface area (Å²) in [5.41, 5.74) is 1.66. The quantitative estimate of drug-likeness (QED) is 0.731. The van der Waals surface area contributed by atoms with E-state index in [2.05, 4.69) is 13.8 Å². The number of carbonyl (C=O) groups excluding carboxylic acids is 1. The van der Waals surface area contributed by atoms with Crippen LogP contribution in [0.5, 0.6) is 5.75 Å². The smallest absolute Gasteiger partial charge is 0.170 e. The largest absolute Gasteiger partial charge is 0.492 e. The van der Waals surface area contributed by atoms with E-state index in [-0.39, 0.29) is 5.78 Å². The van der Waals surface area contributed by atoms with Crippen LogP contribution in [0.25, 0.3) is 0 Å². The summed E-state index contributed by atoms with van der Waals surface area (Å²) >= 11 is 5.98. The zero-order valence-electron chi connectivity index (χ0n) is 8.84. The van der Waals surface area contributed by atoms with Gasteiger partial charge in [0.25, 0.3) is 0 Å². The van der Waals surface area contributed by atoms with Crippen molar-refractivity contribution >= 4 is 17.4 Å². The Hall–Kier alpha value is -1.02. The van der Waals surface area contributed by atoms with Crippen LogP contribution in [-0.2, 0) is 0 Å². The topological polar surface area (TPSA) is 26.3 Å². The van der Waals surface area contributed by atoms with E-state index in [0.29, 0.717) is 29.5 Å². The van der Waals surface area contributed by atoms with Crippen LogP contribution in [0, 0.1) is 0 Å². The summed E-state index contributed by atoms with van der Waals surface area (Å²) in [6.07, 6.45) is 0.449. The third kappa shape index (κ3) is 1.86. The lowest BCUT2D eigenvalue weighted by Crippen LogP contribution is -2.17. The highest BCUT2D eigenvalue weighted by atomic mass is 35.5. The molecular formula is C12H13ClO2. The van der Waals surface area contributed by atoms with Crippen molar-refractivity contribution in [2.75, 3.05) is 6.61 Å². The molecule has 1 aliphatic rings. The molecule has 1 aliphatic heterocycles. The molecule has 0 aromatic heterocycles. The Balaban J connectivity index is 2.62. The molecule has 0 bridgehead atoms. The highest BCUT2D eigenvalue weighted by Gasteiger charge is 2.23. The fourth-order valence-electron chi connectivity index (χ4n) is 1.79. The molecular weight excluding hydrogens is 212 g/mol. The van der Waals surface area contributed by atoms with Gasteiger partial charge in [-0.15, -0.1) is 0 Å². The van der Waals surface area contributed by atoms with Crippen molar-refractivity contribution in [3.05, 3.63) is 28.3 Å². The second kappa shape index (κ2) is 3.86. The lowest BCUT2D eigenvalue weighted by atomic mass is 9.95. The van der Waals surface area contributed by atoms with Crippen molar-refractivity contribution < 1.29 is 9.53 Å². The zero-order chi connectivity index (χ0) is 11.0. The Morgan fingerprint density at radius 1 is 1.40 bits per heavy atom. The molecule has 0 spiro atoms. The molecule has 80 valence electrons. The predicted octanol–water partition coefficient (Wildman–Crippen LogP) is 3.43. The van der Waals surface area contributed by atoms with Crippen LogP contribution >= 0.6 is 11.6 Å². The van der Waals surface area contributed by atoms with Crippen LogP contribution in [-0.4, -0.2) is 12.4 Å². The molecule has 1 aromatic rings. The molecule has 2 rings (SSSR count). The summed E-state index contributed by atoms with van der Waals surface area (Å²) in [6.45, 7) is 4.61. The van der Waals surface area contributed by atoms with Crippen molar-refractivity contribution in [3.8, 4) is 5.75 Å². The molecule has 0 radical (unpaired) electrons. The molecule has 3 heteroatoms. The Bertz CT molecular complexity index is 410. The first kappa shape index (κ1) is 10.5. The van der Waals surface area contributed by atoms with Crippen LogP contribution in [0.3, 0.4) is 0 Å². The third-order valence-electron chi connectivity index (χ3n) is 2.58. The minimum atomic E-state index is 0.126. The average Bonchev–Trinajstić information content (AvgIpc) is 2.18. The van der Waals surface area contributed by atoms with Gasteiger partial charge in [-0.25, -0.2) is 0 Å². The van der Waals surface area contributed by atoms with Gasteiger partial charge >= 0.3 is 0 Å². The first-order valence-electron chi connectivity index (χ1n) is 5.09. The van der Waals surface area contributed by atoms with Gasteiger partial charge in [0.1, 0.15) is 5.75 Å². The lowest BCUT2D eigenvalue weighted by molar-refractivity contribution is 0.0932. The van der Waals surface area contributed by atoms with E-state index in [1.165, 1.54) is 0 Å². The van der Waals surface area contributed by atoms with E-state index in [1.54, 1.807) is 6.07 Å². The van der Waals surface area contributed by atoms with Gasteiger partial charge in [0, 0.05) is 11.4 Å². The molecule has 0 amide bonds. The first-order valence-corrected chi connectivity index (χ1v) is 5.47. The summed E-state index contributed by atoms with van der Waals surface area (Å²) in [5.74, 6) is 1.16. The number of ether oxygens (including phenoxy) is 1. The number of benzene rings is 1. The van der Waals surface area contributed by atoms with Gasteiger partial charge < -0.3 is 4.74 Å². The highest BCUT2D eigenvalue weighted by Crippen LogP contribution is 2.36. The Kier molecular flexibility index (Phi) is 2.70. The van der Waals surface area contributed by atoms with E-state index in [0.717, 1.165) is 11.3 Å². The second-order valence-electron chi connectivity index (χ2n) is 4.05. The Morgan fingerprint density at radius 3 is 2.80 bits per heavy atom. The maximum Gasteiger partial charge on any atom is 0.170 e. The van der Waals surface area contributed by atoms with Gasteiger partial charge in [-0.1, -0.05) is 25.4 Å². The zero-order valence-corrected chi connectivity index (χ0v) is 9.60. The van der Waals surface area contributed by atoms with Crippen LogP contribution in [0.15, 0.2) is 12.1 Å². The lowest BCUT2D eigenvalue weighted by Gasteiger charge is -2.21. The van der Waals surface area contributed by atoms with E-state index < -0.39 is 0 Å². The Morgan fingerprint density at radius 2 is 2.13 bits per heavy atom. The van der Waals surface area contributed by atoms with Crippen molar-refractivity contribution in [1.82, 2.24) is 0 Å². The van der Waals surface area contributed by atoms with E-state index in [1.807, 2.05) is 6.07 Å². The summed E-state index contributed by atoms with van der Waals surface area (Å²) in [6, 6.07) is 3.58. The van der Waals surface area contributed by atoms with Gasteiger partial charge in [0.2, 0.25) is 0 Å². The summed E-state index contributed by atoms with van der Waals surface area (Å²) in [7, 11) is 0. The minimum absolute atomic E-state index is 0.126. The molecule has 0 saturated carbocycles. The van der Waals surface area contributed by atoms with E-state index in [9.17, 15) is 4.79 Å². The molecule has 0 fully saturated rings. The van der Waals surface area contributed by atoms with Crippen molar-refractivity contribution in [3.63, 3.8) is 0 Å². The number of ketones is 1. The second-order valence-corrected chi connectivity index (χ2v) is 4.48. The minimum Gasteiger partial charge on any atom is -0.492 e. The number of rotatable bonds is 1. The highest BCUT2D eigenvalue weighted by molar-refractivity contribution is 6.31. The first-order chi connectivity index (χ1) is 7.09. The molecule has 2 nitrogen and oxygen atoms in total. The molecule has 1 aromatic carbocycles. The van der Waals surface area contributed by atoms with Crippen LogP contribution in [0.1, 0.15) is 42.1 Å². The van der Waals surface area contributed by atoms with Gasteiger partial charge in [-0.2, -0.15) is 0 Å². The number of hydrogen-bond acceptors (Lipinski definition) is 2. The molecule has 1 heterocycles. The molecule has 0 N–H and O–H groups in total. The number of hydrogen-bond donors (Lipinski definition) is 0. The van der Waals surface area contributed by atoms with Gasteiger partial charge in [0.05, 0.1) is 12.2 Å². The molecule has 0 unspecified atom stereocenters. The molecule has 0 atom stereocenters. The predicted molar refractivity (Wildman–Crippen MR) is 60.0 cm³/mol. The fourth-order valence-corrected chi connectivity index (χ4v) is 2.02.